The fourth-order valence-corrected chi connectivity index (χ4v) is 2.34. The smallest absolute Gasteiger partial charge is 0.191 e. The normalized spacial score (nSPS) is 13.4. The van der Waals surface area contributed by atoms with Gasteiger partial charge < -0.3 is 10.6 Å². The van der Waals surface area contributed by atoms with Gasteiger partial charge in [-0.15, -0.1) is 11.3 Å². The lowest BCUT2D eigenvalue weighted by molar-refractivity contribution is 0.624. The van der Waals surface area contributed by atoms with Crippen molar-refractivity contribution in [3.8, 4) is 0 Å². The molecule has 1 heterocycles. The number of nitrogens with one attached hydrogen (secondary N) is 2. The number of thiazole rings is 1. The minimum Gasteiger partial charge on any atom is -0.357 e. The summed E-state index contributed by atoms with van der Waals surface area (Å²) >= 11 is 1.74. The van der Waals surface area contributed by atoms with E-state index in [2.05, 4.69) is 53.7 Å². The highest BCUT2D eigenvalue weighted by atomic mass is 32.1. The third-order valence-corrected chi connectivity index (χ3v) is 3.92. The van der Waals surface area contributed by atoms with Crippen LogP contribution in [0, 0.1) is 0 Å². The predicted molar refractivity (Wildman–Crippen MR) is 84.1 cm³/mol. The molecule has 108 valence electrons. The maximum absolute atomic E-state index is 4.59. The molecule has 0 aromatic carbocycles. The van der Waals surface area contributed by atoms with Crippen LogP contribution in [-0.4, -0.2) is 30.1 Å². The van der Waals surface area contributed by atoms with Gasteiger partial charge in [-0.3, -0.25) is 4.99 Å². The first-order valence-electron chi connectivity index (χ1n) is 7.17. The van der Waals surface area contributed by atoms with Crippen LogP contribution in [0.5, 0.6) is 0 Å². The Morgan fingerprint density at radius 1 is 1.42 bits per heavy atom. The van der Waals surface area contributed by atoms with Crippen LogP contribution in [-0.2, 0) is 12.8 Å². The Balaban J connectivity index is 2.45. The third-order valence-electron chi connectivity index (χ3n) is 2.88. The fraction of sp³-hybridized carbons (Fsp3) is 0.714. The first kappa shape index (κ1) is 16.0. The van der Waals surface area contributed by atoms with E-state index in [1.54, 1.807) is 11.3 Å². The van der Waals surface area contributed by atoms with Crippen LogP contribution in [0.25, 0.3) is 0 Å². The maximum Gasteiger partial charge on any atom is 0.191 e. The summed E-state index contributed by atoms with van der Waals surface area (Å²) in [6.45, 7) is 10.2. The first-order valence-corrected chi connectivity index (χ1v) is 8.05. The molecule has 19 heavy (non-hydrogen) atoms. The van der Waals surface area contributed by atoms with E-state index in [-0.39, 0.29) is 0 Å². The van der Waals surface area contributed by atoms with Gasteiger partial charge in [0.2, 0.25) is 0 Å². The van der Waals surface area contributed by atoms with Crippen LogP contribution in [0.4, 0.5) is 0 Å². The summed E-state index contributed by atoms with van der Waals surface area (Å²) in [5.41, 5.74) is 1.16. The number of aryl methyl sites for hydroxylation is 1. The molecule has 5 heteroatoms. The number of hydrogen-bond donors (Lipinski definition) is 2. The average molecular weight is 282 g/mol. The molecule has 0 radical (unpaired) electrons. The highest BCUT2D eigenvalue weighted by Crippen LogP contribution is 2.10. The van der Waals surface area contributed by atoms with Crippen LogP contribution in [0.15, 0.2) is 10.4 Å². The van der Waals surface area contributed by atoms with E-state index < -0.39 is 0 Å². The first-order chi connectivity index (χ1) is 9.19. The molecular formula is C14H26N4S. The van der Waals surface area contributed by atoms with E-state index in [4.69, 9.17) is 0 Å². The van der Waals surface area contributed by atoms with Gasteiger partial charge >= 0.3 is 0 Å². The van der Waals surface area contributed by atoms with Crippen molar-refractivity contribution in [3.63, 3.8) is 0 Å². The molecule has 4 nitrogen and oxygen atoms in total. The zero-order valence-electron chi connectivity index (χ0n) is 12.5. The van der Waals surface area contributed by atoms with Gasteiger partial charge in [-0.25, -0.2) is 4.98 Å². The van der Waals surface area contributed by atoms with E-state index >= 15 is 0 Å². The Morgan fingerprint density at radius 3 is 2.79 bits per heavy atom. The second-order valence-electron chi connectivity index (χ2n) is 4.55. The minimum absolute atomic E-state index is 0.448. The van der Waals surface area contributed by atoms with Crippen molar-refractivity contribution in [3.05, 3.63) is 16.1 Å². The van der Waals surface area contributed by atoms with Crippen LogP contribution < -0.4 is 10.6 Å². The summed E-state index contributed by atoms with van der Waals surface area (Å²) in [6.07, 6.45) is 3.02. The van der Waals surface area contributed by atoms with Gasteiger partial charge in [-0.2, -0.15) is 0 Å². The molecule has 0 aliphatic rings. The summed E-state index contributed by atoms with van der Waals surface area (Å²) < 4.78 is 0. The molecule has 0 saturated carbocycles. The van der Waals surface area contributed by atoms with Crippen molar-refractivity contribution in [2.24, 2.45) is 4.99 Å². The number of aliphatic imine (C=N–C) groups is 1. The molecular weight excluding hydrogens is 256 g/mol. The second kappa shape index (κ2) is 8.91. The minimum atomic E-state index is 0.448. The largest absolute Gasteiger partial charge is 0.357 e. The molecule has 0 fully saturated rings. The molecule has 0 bridgehead atoms. The van der Waals surface area contributed by atoms with Crippen molar-refractivity contribution in [1.82, 2.24) is 15.6 Å². The quantitative estimate of drug-likeness (QED) is 0.597. The summed E-state index contributed by atoms with van der Waals surface area (Å²) in [6, 6.07) is 0.448. The SMILES string of the molecule is CCNC(=NCCc1csc(CC)n1)NC(C)CC. The Labute approximate surface area is 120 Å². The Bertz CT molecular complexity index is 387. The van der Waals surface area contributed by atoms with Gasteiger partial charge in [0, 0.05) is 30.9 Å². The molecule has 1 unspecified atom stereocenters. The van der Waals surface area contributed by atoms with Gasteiger partial charge in [0.05, 0.1) is 10.7 Å². The van der Waals surface area contributed by atoms with Gasteiger partial charge in [0.15, 0.2) is 5.96 Å². The topological polar surface area (TPSA) is 49.3 Å². The zero-order chi connectivity index (χ0) is 14.1. The van der Waals surface area contributed by atoms with Crippen molar-refractivity contribution < 1.29 is 0 Å². The highest BCUT2D eigenvalue weighted by molar-refractivity contribution is 7.09. The summed E-state index contributed by atoms with van der Waals surface area (Å²) in [5, 5.41) is 10.0. The predicted octanol–water partition coefficient (Wildman–Crippen LogP) is 2.60. The van der Waals surface area contributed by atoms with Crippen molar-refractivity contribution in [2.75, 3.05) is 13.1 Å². The van der Waals surface area contributed by atoms with Gasteiger partial charge in [-0.05, 0) is 26.7 Å². The molecule has 2 N–H and O–H groups in total. The monoisotopic (exact) mass is 282 g/mol. The van der Waals surface area contributed by atoms with Gasteiger partial charge in [0.25, 0.3) is 0 Å². The second-order valence-corrected chi connectivity index (χ2v) is 5.49. The lowest BCUT2D eigenvalue weighted by atomic mass is 10.3. The van der Waals surface area contributed by atoms with E-state index in [1.165, 1.54) is 5.01 Å². The molecule has 1 atom stereocenters. The molecule has 0 spiro atoms. The fourth-order valence-electron chi connectivity index (χ4n) is 1.56. The van der Waals surface area contributed by atoms with Crippen LogP contribution in [0.2, 0.25) is 0 Å². The average Bonchev–Trinajstić information content (AvgIpc) is 2.86. The number of nitrogens with zero attached hydrogens (tertiary/aromatic N) is 2. The maximum atomic E-state index is 4.59. The van der Waals surface area contributed by atoms with E-state index in [1.807, 2.05) is 0 Å². The molecule has 0 saturated heterocycles. The van der Waals surface area contributed by atoms with Crippen molar-refractivity contribution in [2.45, 2.75) is 53.0 Å². The van der Waals surface area contributed by atoms with Gasteiger partial charge in [0.1, 0.15) is 0 Å². The van der Waals surface area contributed by atoms with E-state index in [9.17, 15) is 0 Å². The summed E-state index contributed by atoms with van der Waals surface area (Å²) in [5.74, 6) is 0.905. The number of guanidine groups is 1. The Morgan fingerprint density at radius 2 is 2.21 bits per heavy atom. The summed E-state index contributed by atoms with van der Waals surface area (Å²) in [7, 11) is 0. The molecule has 0 aliphatic carbocycles. The van der Waals surface area contributed by atoms with Gasteiger partial charge in [-0.1, -0.05) is 13.8 Å². The van der Waals surface area contributed by atoms with Crippen molar-refractivity contribution in [1.29, 1.82) is 0 Å². The zero-order valence-corrected chi connectivity index (χ0v) is 13.3. The standard InChI is InChI=1S/C14H26N4S/c1-5-11(4)17-14(15-7-3)16-9-8-12-10-19-13(6-2)18-12/h10-11H,5-9H2,1-4H3,(H2,15,16,17). The highest BCUT2D eigenvalue weighted by Gasteiger charge is 2.03. The van der Waals surface area contributed by atoms with E-state index in [0.29, 0.717) is 6.04 Å². The van der Waals surface area contributed by atoms with Crippen LogP contribution in [0.1, 0.15) is 44.8 Å². The Kier molecular flexibility index (Phi) is 7.48. The van der Waals surface area contributed by atoms with Crippen molar-refractivity contribution >= 4 is 17.3 Å². The van der Waals surface area contributed by atoms with Crippen LogP contribution >= 0.6 is 11.3 Å². The number of rotatable bonds is 7. The Hall–Kier alpha value is -1.10. The van der Waals surface area contributed by atoms with Crippen LogP contribution in [0.3, 0.4) is 0 Å². The molecule has 1 aromatic heterocycles. The molecule has 0 amide bonds. The lowest BCUT2D eigenvalue weighted by Crippen LogP contribution is -2.42. The van der Waals surface area contributed by atoms with E-state index in [0.717, 1.165) is 44.0 Å². The number of hydrogen-bond acceptors (Lipinski definition) is 3. The molecule has 0 aliphatic heterocycles. The third kappa shape index (κ3) is 6.05. The lowest BCUT2D eigenvalue weighted by Gasteiger charge is -2.15. The molecule has 1 aromatic rings. The number of aromatic nitrogens is 1. The summed E-state index contributed by atoms with van der Waals surface area (Å²) in [4.78, 5) is 9.15. The molecule has 1 rings (SSSR count).